The first kappa shape index (κ1) is 17.4. The Balaban J connectivity index is 1.98. The van der Waals surface area contributed by atoms with Crippen molar-refractivity contribution < 1.29 is 9.59 Å². The molecule has 0 saturated heterocycles. The van der Waals surface area contributed by atoms with Crippen molar-refractivity contribution in [3.8, 4) is 0 Å². The maximum absolute atomic E-state index is 12.8. The van der Waals surface area contributed by atoms with Gasteiger partial charge in [0.2, 0.25) is 5.82 Å². The highest BCUT2D eigenvalue weighted by molar-refractivity contribution is 6.09. The molecule has 0 aliphatic heterocycles. The summed E-state index contributed by atoms with van der Waals surface area (Å²) in [5.41, 5.74) is 2.56. The van der Waals surface area contributed by atoms with Crippen LogP contribution in [0.3, 0.4) is 0 Å². The van der Waals surface area contributed by atoms with Crippen molar-refractivity contribution in [3.05, 3.63) is 78.4 Å². The van der Waals surface area contributed by atoms with E-state index in [1.807, 2.05) is 31.2 Å². The van der Waals surface area contributed by atoms with Crippen LogP contribution in [0.15, 0.2) is 61.3 Å². The normalized spacial score (nSPS) is 10.5. The van der Waals surface area contributed by atoms with Crippen molar-refractivity contribution in [3.63, 3.8) is 0 Å². The lowest BCUT2D eigenvalue weighted by Gasteiger charge is -2.08. The average molecular weight is 348 g/mol. The predicted octanol–water partition coefficient (Wildman–Crippen LogP) is 3.06. The van der Waals surface area contributed by atoms with Gasteiger partial charge in [0.1, 0.15) is 0 Å². The van der Waals surface area contributed by atoms with Gasteiger partial charge in [-0.15, -0.1) is 6.58 Å². The molecule has 2 aromatic heterocycles. The summed E-state index contributed by atoms with van der Waals surface area (Å²) in [5.74, 6) is -0.548. The number of nitrogens with one attached hydrogen (secondary N) is 2. The summed E-state index contributed by atoms with van der Waals surface area (Å²) in [6, 6.07) is 13.0. The van der Waals surface area contributed by atoms with Crippen LogP contribution in [0, 0.1) is 0 Å². The van der Waals surface area contributed by atoms with E-state index in [-0.39, 0.29) is 23.3 Å². The van der Waals surface area contributed by atoms with Crippen LogP contribution in [0.25, 0.3) is 5.52 Å². The van der Waals surface area contributed by atoms with Gasteiger partial charge < -0.3 is 10.6 Å². The number of hydrogen-bond donors (Lipinski definition) is 2. The zero-order valence-corrected chi connectivity index (χ0v) is 14.5. The van der Waals surface area contributed by atoms with Crippen molar-refractivity contribution in [2.24, 2.45) is 0 Å². The van der Waals surface area contributed by atoms with Gasteiger partial charge in [0.25, 0.3) is 11.8 Å². The van der Waals surface area contributed by atoms with E-state index in [9.17, 15) is 9.59 Å². The fraction of sp³-hybridized carbons (Fsp3) is 0.150. The number of para-hydroxylation sites is 1. The summed E-state index contributed by atoms with van der Waals surface area (Å²) in [7, 11) is 0. The molecule has 0 spiro atoms. The average Bonchev–Trinajstić information content (AvgIpc) is 3.06. The number of rotatable bonds is 6. The second-order valence-corrected chi connectivity index (χ2v) is 5.70. The van der Waals surface area contributed by atoms with Crippen molar-refractivity contribution >= 4 is 23.0 Å². The molecule has 2 amide bonds. The summed E-state index contributed by atoms with van der Waals surface area (Å²) >= 11 is 0. The minimum absolute atomic E-state index is 0.163. The number of aryl methyl sites for hydroxylation is 1. The molecule has 132 valence electrons. The van der Waals surface area contributed by atoms with E-state index in [1.54, 1.807) is 34.9 Å². The van der Waals surface area contributed by atoms with Gasteiger partial charge >= 0.3 is 0 Å². The van der Waals surface area contributed by atoms with Gasteiger partial charge in [-0.1, -0.05) is 37.3 Å². The summed E-state index contributed by atoms with van der Waals surface area (Å²) in [5, 5.41) is 5.59. The van der Waals surface area contributed by atoms with Crippen molar-refractivity contribution in [1.29, 1.82) is 0 Å². The fourth-order valence-electron chi connectivity index (χ4n) is 2.74. The number of benzene rings is 1. The second-order valence-electron chi connectivity index (χ2n) is 5.70. The molecule has 0 aliphatic carbocycles. The summed E-state index contributed by atoms with van der Waals surface area (Å²) in [4.78, 5) is 29.4. The Morgan fingerprint density at radius 2 is 1.92 bits per heavy atom. The molecule has 1 aromatic carbocycles. The number of nitrogens with zero attached hydrogens (tertiary/aromatic N) is 2. The lowest BCUT2D eigenvalue weighted by atomic mass is 10.1. The Morgan fingerprint density at radius 1 is 1.15 bits per heavy atom. The third-order valence-electron chi connectivity index (χ3n) is 4.02. The fourth-order valence-corrected chi connectivity index (χ4v) is 2.74. The molecule has 3 aromatic rings. The number of fused-ring (bicyclic) bond motifs is 1. The number of hydrogen-bond acceptors (Lipinski definition) is 3. The minimum Gasteiger partial charge on any atom is -0.346 e. The lowest BCUT2D eigenvalue weighted by Crippen LogP contribution is -2.25. The maximum Gasteiger partial charge on any atom is 0.287 e. The highest BCUT2D eigenvalue weighted by Crippen LogP contribution is 2.19. The molecule has 6 nitrogen and oxygen atoms in total. The molecule has 0 atom stereocenters. The van der Waals surface area contributed by atoms with Crippen LogP contribution in [-0.4, -0.2) is 27.7 Å². The highest BCUT2D eigenvalue weighted by Gasteiger charge is 2.21. The number of amides is 2. The van der Waals surface area contributed by atoms with E-state index in [0.717, 1.165) is 17.7 Å². The topological polar surface area (TPSA) is 75.5 Å². The molecule has 26 heavy (non-hydrogen) atoms. The van der Waals surface area contributed by atoms with Gasteiger partial charge in [-0.05, 0) is 30.2 Å². The van der Waals surface area contributed by atoms with Crippen molar-refractivity contribution in [2.75, 3.05) is 11.9 Å². The third-order valence-corrected chi connectivity index (χ3v) is 4.02. The van der Waals surface area contributed by atoms with Crippen molar-refractivity contribution in [1.82, 2.24) is 14.7 Å². The Labute approximate surface area is 151 Å². The molecule has 0 bridgehead atoms. The minimum atomic E-state index is -0.362. The smallest absolute Gasteiger partial charge is 0.287 e. The van der Waals surface area contributed by atoms with Crippen LogP contribution in [-0.2, 0) is 6.42 Å². The van der Waals surface area contributed by atoms with Gasteiger partial charge in [0, 0.05) is 18.4 Å². The first-order valence-corrected chi connectivity index (χ1v) is 8.41. The van der Waals surface area contributed by atoms with Gasteiger partial charge in [-0.2, -0.15) is 0 Å². The van der Waals surface area contributed by atoms with Crippen LogP contribution >= 0.6 is 0 Å². The van der Waals surface area contributed by atoms with Crippen LogP contribution in [0.5, 0.6) is 0 Å². The second kappa shape index (κ2) is 7.65. The molecule has 6 heteroatoms. The van der Waals surface area contributed by atoms with Crippen molar-refractivity contribution in [2.45, 2.75) is 13.3 Å². The molecule has 0 saturated carbocycles. The number of carbonyl (C=O) groups is 2. The molecule has 0 aliphatic rings. The lowest BCUT2D eigenvalue weighted by molar-refractivity contribution is 0.0947. The molecule has 0 radical (unpaired) electrons. The monoisotopic (exact) mass is 348 g/mol. The molecular weight excluding hydrogens is 328 g/mol. The summed E-state index contributed by atoms with van der Waals surface area (Å²) in [6.07, 6.45) is 4.10. The quantitative estimate of drug-likeness (QED) is 0.672. The Kier molecular flexibility index (Phi) is 5.12. The van der Waals surface area contributed by atoms with Crippen LogP contribution in [0.4, 0.5) is 5.69 Å². The number of imidazole rings is 1. The Bertz CT molecular complexity index is 975. The van der Waals surface area contributed by atoms with Gasteiger partial charge in [-0.25, -0.2) is 4.98 Å². The van der Waals surface area contributed by atoms with E-state index in [1.165, 1.54) is 0 Å². The number of aromatic nitrogens is 2. The molecule has 0 fully saturated rings. The molecule has 2 heterocycles. The standard InChI is InChI=1S/C20H20N4O2/c1-3-12-21-20(26)18-23-17(16-11-7-8-13-24(16)18)19(25)22-15-10-6-5-9-14(15)4-2/h3,5-11,13H,1,4,12H2,2H3,(H,21,26)(H,22,25). The summed E-state index contributed by atoms with van der Waals surface area (Å²) < 4.78 is 1.61. The molecule has 2 N–H and O–H groups in total. The number of carbonyl (C=O) groups excluding carboxylic acids is 2. The van der Waals surface area contributed by atoms with Gasteiger partial charge in [0.15, 0.2) is 5.69 Å². The molecule has 0 unspecified atom stereocenters. The van der Waals surface area contributed by atoms with E-state index in [0.29, 0.717) is 12.1 Å². The van der Waals surface area contributed by atoms with Gasteiger partial charge in [-0.3, -0.25) is 14.0 Å². The Morgan fingerprint density at radius 3 is 2.69 bits per heavy atom. The van der Waals surface area contributed by atoms with E-state index in [4.69, 9.17) is 0 Å². The highest BCUT2D eigenvalue weighted by atomic mass is 16.2. The number of anilines is 1. The third kappa shape index (κ3) is 3.35. The van der Waals surface area contributed by atoms with E-state index in [2.05, 4.69) is 22.2 Å². The molecule has 3 rings (SSSR count). The summed E-state index contributed by atoms with van der Waals surface area (Å²) in [6.45, 7) is 5.93. The van der Waals surface area contributed by atoms with E-state index >= 15 is 0 Å². The zero-order chi connectivity index (χ0) is 18.5. The largest absolute Gasteiger partial charge is 0.346 e. The SMILES string of the molecule is C=CCNC(=O)c1nc(C(=O)Nc2ccccc2CC)c2ccccn12. The van der Waals surface area contributed by atoms with Gasteiger partial charge in [0.05, 0.1) is 5.52 Å². The molecular formula is C20H20N4O2. The first-order valence-electron chi connectivity index (χ1n) is 8.41. The first-order chi connectivity index (χ1) is 12.7. The number of pyridine rings is 1. The van der Waals surface area contributed by atoms with E-state index < -0.39 is 0 Å². The van der Waals surface area contributed by atoms with Crippen LogP contribution in [0.2, 0.25) is 0 Å². The predicted molar refractivity (Wildman–Crippen MR) is 101 cm³/mol. The maximum atomic E-state index is 12.8. The van der Waals surface area contributed by atoms with Crippen LogP contribution in [0.1, 0.15) is 33.6 Å². The van der Waals surface area contributed by atoms with Crippen LogP contribution < -0.4 is 10.6 Å². The zero-order valence-electron chi connectivity index (χ0n) is 14.5. The Hall–Kier alpha value is -3.41.